The zero-order valence-corrected chi connectivity index (χ0v) is 20.4. The van der Waals surface area contributed by atoms with Gasteiger partial charge in [-0.15, -0.1) is 0 Å². The molecule has 2 aromatic rings. The van der Waals surface area contributed by atoms with Gasteiger partial charge in [0, 0.05) is 12.1 Å². The number of fused-ring (bicyclic) bond motifs is 1. The normalized spacial score (nSPS) is 16.2. The summed E-state index contributed by atoms with van der Waals surface area (Å²) in [5.74, 6) is 0.603. The van der Waals surface area contributed by atoms with Gasteiger partial charge in [0.05, 0.1) is 13.2 Å². The number of carbonyl (C=O) groups is 1. The van der Waals surface area contributed by atoms with E-state index in [4.69, 9.17) is 14.2 Å². The van der Waals surface area contributed by atoms with Crippen LogP contribution in [0, 0.1) is 5.82 Å². The number of methoxy groups -OCH3 is 1. The first kappa shape index (κ1) is 24.6. The topological polar surface area (TPSA) is 48.0 Å². The van der Waals surface area contributed by atoms with Gasteiger partial charge in [0.25, 0.3) is 0 Å². The van der Waals surface area contributed by atoms with Crippen molar-refractivity contribution in [2.75, 3.05) is 13.7 Å². The number of hydrogen-bond acceptors (Lipinski definition) is 4. The largest absolute Gasteiger partial charge is 0.494 e. The van der Waals surface area contributed by atoms with Gasteiger partial charge in [0.2, 0.25) is 0 Å². The van der Waals surface area contributed by atoms with E-state index >= 15 is 0 Å². The van der Waals surface area contributed by atoms with Crippen molar-refractivity contribution < 1.29 is 23.4 Å². The lowest BCUT2D eigenvalue weighted by Crippen LogP contribution is -2.39. The minimum absolute atomic E-state index is 0.0541. The highest BCUT2D eigenvalue weighted by Gasteiger charge is 2.28. The average Bonchev–Trinajstić information content (AvgIpc) is 2.75. The Morgan fingerprint density at radius 3 is 2.64 bits per heavy atom. The molecule has 0 N–H and O–H groups in total. The lowest BCUT2D eigenvalue weighted by atomic mass is 9.99. The van der Waals surface area contributed by atoms with Crippen molar-refractivity contribution in [1.82, 2.24) is 4.90 Å². The van der Waals surface area contributed by atoms with E-state index in [9.17, 15) is 9.18 Å². The predicted octanol–water partition coefficient (Wildman–Crippen LogP) is 6.78. The average molecular weight is 456 g/mol. The van der Waals surface area contributed by atoms with Gasteiger partial charge in [-0.05, 0) is 82.9 Å². The Labute approximate surface area is 196 Å². The van der Waals surface area contributed by atoms with Crippen molar-refractivity contribution in [1.29, 1.82) is 0 Å². The molecular weight excluding hydrogens is 421 g/mol. The molecule has 3 rings (SSSR count). The van der Waals surface area contributed by atoms with Crippen LogP contribution in [0.5, 0.6) is 11.5 Å². The summed E-state index contributed by atoms with van der Waals surface area (Å²) in [6.45, 7) is 10.0. The van der Waals surface area contributed by atoms with Crippen LogP contribution >= 0.6 is 0 Å². The molecule has 0 saturated heterocycles. The second-order valence-corrected chi connectivity index (χ2v) is 9.39. The SMILES string of the molecule is COc1cc([C@@H](C)N(CCC[C@H]2C=C(C)c3ccccc3O2)C(=O)OC(C)(C)C)ccc1F. The predicted molar refractivity (Wildman–Crippen MR) is 128 cm³/mol. The Bertz CT molecular complexity index is 1010. The third-order valence-electron chi connectivity index (χ3n) is 5.67. The zero-order chi connectivity index (χ0) is 24.2. The van der Waals surface area contributed by atoms with E-state index in [-0.39, 0.29) is 17.9 Å². The molecule has 2 aromatic carbocycles. The lowest BCUT2D eigenvalue weighted by Gasteiger charge is -2.33. The fraction of sp³-hybridized carbons (Fsp3) is 0.444. The molecule has 33 heavy (non-hydrogen) atoms. The number of amides is 1. The van der Waals surface area contributed by atoms with Gasteiger partial charge in [0.15, 0.2) is 11.6 Å². The van der Waals surface area contributed by atoms with Gasteiger partial charge < -0.3 is 19.1 Å². The monoisotopic (exact) mass is 455 g/mol. The van der Waals surface area contributed by atoms with E-state index in [0.717, 1.165) is 29.7 Å². The minimum Gasteiger partial charge on any atom is -0.494 e. The first-order valence-corrected chi connectivity index (χ1v) is 11.4. The highest BCUT2D eigenvalue weighted by atomic mass is 19.1. The van der Waals surface area contributed by atoms with Crippen molar-refractivity contribution >= 4 is 11.7 Å². The molecule has 1 aliphatic heterocycles. The highest BCUT2D eigenvalue weighted by molar-refractivity contribution is 5.71. The van der Waals surface area contributed by atoms with Gasteiger partial charge in [-0.3, -0.25) is 0 Å². The Kier molecular flexibility index (Phi) is 7.67. The third-order valence-corrected chi connectivity index (χ3v) is 5.67. The fourth-order valence-electron chi connectivity index (χ4n) is 3.95. The number of ether oxygens (including phenoxy) is 3. The maximum absolute atomic E-state index is 13.9. The van der Waals surface area contributed by atoms with Crippen LogP contribution in [0.2, 0.25) is 0 Å². The first-order chi connectivity index (χ1) is 15.6. The number of benzene rings is 2. The van der Waals surface area contributed by atoms with E-state index in [1.165, 1.54) is 18.7 Å². The molecule has 1 heterocycles. The molecular formula is C27H34FNO4. The summed E-state index contributed by atoms with van der Waals surface area (Å²) in [5, 5.41) is 0. The summed E-state index contributed by atoms with van der Waals surface area (Å²) in [4.78, 5) is 14.7. The maximum atomic E-state index is 13.9. The van der Waals surface area contributed by atoms with E-state index in [0.29, 0.717) is 6.54 Å². The number of allylic oxidation sites excluding steroid dienone is 1. The highest BCUT2D eigenvalue weighted by Crippen LogP contribution is 2.33. The molecule has 5 nitrogen and oxygen atoms in total. The summed E-state index contributed by atoms with van der Waals surface area (Å²) in [7, 11) is 1.43. The Morgan fingerprint density at radius 1 is 1.21 bits per heavy atom. The smallest absolute Gasteiger partial charge is 0.410 e. The Hall–Kier alpha value is -3.02. The van der Waals surface area contributed by atoms with Gasteiger partial charge in [0.1, 0.15) is 17.5 Å². The second kappa shape index (κ2) is 10.3. The van der Waals surface area contributed by atoms with Gasteiger partial charge in [-0.2, -0.15) is 0 Å². The number of nitrogens with zero attached hydrogens (tertiary/aromatic N) is 1. The number of para-hydroxylation sites is 1. The summed E-state index contributed by atoms with van der Waals surface area (Å²) < 4.78 is 30.8. The molecule has 0 aliphatic carbocycles. The molecule has 0 spiro atoms. The van der Waals surface area contributed by atoms with E-state index in [2.05, 4.69) is 19.1 Å². The lowest BCUT2D eigenvalue weighted by molar-refractivity contribution is 0.0165. The summed E-state index contributed by atoms with van der Waals surface area (Å²) in [6.07, 6.45) is 3.15. The molecule has 0 aromatic heterocycles. The molecule has 1 aliphatic rings. The van der Waals surface area contributed by atoms with Crippen LogP contribution in [0.4, 0.5) is 9.18 Å². The summed E-state index contributed by atoms with van der Waals surface area (Å²) in [6, 6.07) is 12.4. The van der Waals surface area contributed by atoms with Crippen molar-refractivity contribution in [3.8, 4) is 11.5 Å². The van der Waals surface area contributed by atoms with Crippen LogP contribution in [-0.4, -0.2) is 36.4 Å². The third kappa shape index (κ3) is 6.28. The van der Waals surface area contributed by atoms with Crippen LogP contribution in [0.25, 0.3) is 5.57 Å². The van der Waals surface area contributed by atoms with Gasteiger partial charge in [-0.25, -0.2) is 9.18 Å². The summed E-state index contributed by atoms with van der Waals surface area (Å²) in [5.41, 5.74) is 2.46. The molecule has 0 radical (unpaired) electrons. The Morgan fingerprint density at radius 2 is 1.94 bits per heavy atom. The van der Waals surface area contributed by atoms with E-state index in [1.54, 1.807) is 17.0 Å². The molecule has 6 heteroatoms. The van der Waals surface area contributed by atoms with Crippen LogP contribution in [-0.2, 0) is 4.74 Å². The molecule has 0 saturated carbocycles. The number of halogens is 1. The molecule has 0 bridgehead atoms. The number of rotatable bonds is 7. The first-order valence-electron chi connectivity index (χ1n) is 11.4. The molecule has 1 amide bonds. The van der Waals surface area contributed by atoms with Crippen LogP contribution in [0.15, 0.2) is 48.5 Å². The number of hydrogen-bond donors (Lipinski definition) is 0. The van der Waals surface area contributed by atoms with Crippen molar-refractivity contribution in [2.45, 2.75) is 65.2 Å². The molecule has 0 unspecified atom stereocenters. The maximum Gasteiger partial charge on any atom is 0.410 e. The molecule has 0 fully saturated rings. The fourth-order valence-corrected chi connectivity index (χ4v) is 3.95. The van der Waals surface area contributed by atoms with Crippen LogP contribution in [0.3, 0.4) is 0 Å². The Balaban J connectivity index is 1.72. The van der Waals surface area contributed by atoms with Crippen LogP contribution in [0.1, 0.15) is 64.6 Å². The van der Waals surface area contributed by atoms with Crippen molar-refractivity contribution in [2.24, 2.45) is 0 Å². The second-order valence-electron chi connectivity index (χ2n) is 9.39. The minimum atomic E-state index is -0.619. The van der Waals surface area contributed by atoms with Gasteiger partial charge >= 0.3 is 6.09 Å². The zero-order valence-electron chi connectivity index (χ0n) is 20.4. The van der Waals surface area contributed by atoms with Gasteiger partial charge in [-0.1, -0.05) is 24.3 Å². The standard InChI is InChI=1S/C27H34FNO4/c1-18-16-21(32-24-12-8-7-11-22(18)24)10-9-15-29(26(30)33-27(3,4)5)19(2)20-13-14-23(28)25(17-20)31-6/h7-8,11-14,16-17,19,21H,9-10,15H2,1-6H3/t19-,21+/m1/s1. The van der Waals surface area contributed by atoms with E-state index in [1.807, 2.05) is 45.9 Å². The van der Waals surface area contributed by atoms with Crippen molar-refractivity contribution in [3.05, 3.63) is 65.5 Å². The van der Waals surface area contributed by atoms with E-state index < -0.39 is 17.5 Å². The summed E-state index contributed by atoms with van der Waals surface area (Å²) >= 11 is 0. The van der Waals surface area contributed by atoms with Crippen molar-refractivity contribution in [3.63, 3.8) is 0 Å². The molecule has 178 valence electrons. The quantitative estimate of drug-likeness (QED) is 0.462. The molecule has 2 atom stereocenters. The van der Waals surface area contributed by atoms with Crippen LogP contribution < -0.4 is 9.47 Å². The number of carbonyl (C=O) groups excluding carboxylic acids is 1.